The Labute approximate surface area is 164 Å². The highest BCUT2D eigenvalue weighted by molar-refractivity contribution is 8.93. The molecule has 0 amide bonds. The fourth-order valence-corrected chi connectivity index (χ4v) is 3.49. The van der Waals surface area contributed by atoms with Crippen molar-refractivity contribution < 1.29 is 0 Å². The standard InChI is InChI=1S/C21H24N4.BrH/c1-3-23(4-2)14-15-24-19-12-8-9-13-20(19)25-16-18(22-21(24)25)17-10-6-5-7-11-17;/h5-13,16H,3-4,14-15H2,1-2H3;1H. The summed E-state index contributed by atoms with van der Waals surface area (Å²) >= 11 is 0. The second kappa shape index (κ2) is 8.06. The molecule has 0 aliphatic carbocycles. The number of likely N-dealkylation sites (N-methyl/N-ethyl adjacent to an activating group) is 1. The Morgan fingerprint density at radius 3 is 2.23 bits per heavy atom. The van der Waals surface area contributed by atoms with E-state index in [1.54, 1.807) is 0 Å². The van der Waals surface area contributed by atoms with E-state index in [1.165, 1.54) is 11.0 Å². The predicted octanol–water partition coefficient (Wildman–Crippen LogP) is 4.88. The van der Waals surface area contributed by atoms with E-state index in [2.05, 4.69) is 82.4 Å². The molecule has 4 rings (SSSR count). The van der Waals surface area contributed by atoms with Crippen LogP contribution in [0.5, 0.6) is 0 Å². The zero-order valence-electron chi connectivity index (χ0n) is 15.3. The third kappa shape index (κ3) is 3.29. The maximum Gasteiger partial charge on any atom is 0.215 e. The Kier molecular flexibility index (Phi) is 5.79. The van der Waals surface area contributed by atoms with Crippen LogP contribution in [-0.4, -0.2) is 38.5 Å². The number of aromatic nitrogens is 3. The molecule has 0 fully saturated rings. The third-order valence-corrected chi connectivity index (χ3v) is 4.96. The van der Waals surface area contributed by atoms with E-state index in [-0.39, 0.29) is 17.0 Å². The monoisotopic (exact) mass is 412 g/mol. The summed E-state index contributed by atoms with van der Waals surface area (Å²) < 4.78 is 4.57. The quantitative estimate of drug-likeness (QED) is 0.451. The average molecular weight is 413 g/mol. The van der Waals surface area contributed by atoms with Gasteiger partial charge in [-0.05, 0) is 25.2 Å². The van der Waals surface area contributed by atoms with Gasteiger partial charge in [0.2, 0.25) is 5.78 Å². The summed E-state index contributed by atoms with van der Waals surface area (Å²) in [6, 6.07) is 19.0. The topological polar surface area (TPSA) is 25.5 Å². The van der Waals surface area contributed by atoms with Gasteiger partial charge in [-0.3, -0.25) is 4.40 Å². The summed E-state index contributed by atoms with van der Waals surface area (Å²) in [7, 11) is 0. The number of nitrogens with zero attached hydrogens (tertiary/aromatic N) is 4. The minimum absolute atomic E-state index is 0. The third-order valence-electron chi connectivity index (χ3n) is 4.96. The van der Waals surface area contributed by atoms with Gasteiger partial charge in [-0.25, -0.2) is 4.98 Å². The molecule has 2 aromatic heterocycles. The van der Waals surface area contributed by atoms with E-state index in [0.29, 0.717) is 0 Å². The molecule has 0 unspecified atom stereocenters. The summed E-state index contributed by atoms with van der Waals surface area (Å²) in [6.07, 6.45) is 2.15. The van der Waals surface area contributed by atoms with Crippen molar-refractivity contribution in [1.29, 1.82) is 0 Å². The van der Waals surface area contributed by atoms with Crippen molar-refractivity contribution >= 4 is 33.8 Å². The largest absolute Gasteiger partial charge is 0.308 e. The Bertz CT molecular complexity index is 983. The molecule has 26 heavy (non-hydrogen) atoms. The summed E-state index contributed by atoms with van der Waals surface area (Å²) in [5.41, 5.74) is 4.65. The molecular weight excluding hydrogens is 388 g/mol. The van der Waals surface area contributed by atoms with E-state index in [0.717, 1.165) is 43.2 Å². The molecule has 4 aromatic rings. The van der Waals surface area contributed by atoms with Crippen LogP contribution in [0.15, 0.2) is 60.8 Å². The molecule has 0 aliphatic heterocycles. The highest BCUT2D eigenvalue weighted by Gasteiger charge is 2.14. The summed E-state index contributed by atoms with van der Waals surface area (Å²) in [4.78, 5) is 7.41. The first-order valence-electron chi connectivity index (χ1n) is 9.06. The van der Waals surface area contributed by atoms with Gasteiger partial charge in [-0.15, -0.1) is 17.0 Å². The van der Waals surface area contributed by atoms with Gasteiger partial charge in [0, 0.05) is 24.8 Å². The number of hydrogen-bond acceptors (Lipinski definition) is 2. The second-order valence-electron chi connectivity index (χ2n) is 6.33. The maximum absolute atomic E-state index is 4.96. The lowest BCUT2D eigenvalue weighted by Crippen LogP contribution is -2.27. The highest BCUT2D eigenvalue weighted by Crippen LogP contribution is 2.25. The van der Waals surface area contributed by atoms with Gasteiger partial charge >= 0.3 is 0 Å². The first-order valence-corrected chi connectivity index (χ1v) is 9.06. The summed E-state index contributed by atoms with van der Waals surface area (Å²) in [5.74, 6) is 1.02. The minimum Gasteiger partial charge on any atom is -0.308 e. The maximum atomic E-state index is 4.96. The van der Waals surface area contributed by atoms with E-state index in [1.807, 2.05) is 6.07 Å². The number of imidazole rings is 2. The van der Waals surface area contributed by atoms with Crippen LogP contribution in [0.1, 0.15) is 13.8 Å². The van der Waals surface area contributed by atoms with Crippen LogP contribution in [0.4, 0.5) is 0 Å². The van der Waals surface area contributed by atoms with Gasteiger partial charge in [-0.2, -0.15) is 0 Å². The Balaban J connectivity index is 0.00000196. The molecule has 0 saturated carbocycles. The zero-order chi connectivity index (χ0) is 17.2. The molecule has 0 aliphatic rings. The lowest BCUT2D eigenvalue weighted by molar-refractivity contribution is 0.293. The molecule has 136 valence electrons. The number of benzene rings is 2. The lowest BCUT2D eigenvalue weighted by atomic mass is 10.2. The molecule has 0 spiro atoms. The van der Waals surface area contributed by atoms with Crippen molar-refractivity contribution in [3.8, 4) is 11.3 Å². The van der Waals surface area contributed by atoms with E-state index in [9.17, 15) is 0 Å². The predicted molar refractivity (Wildman–Crippen MR) is 114 cm³/mol. The van der Waals surface area contributed by atoms with E-state index in [4.69, 9.17) is 4.98 Å². The van der Waals surface area contributed by atoms with Crippen LogP contribution in [0, 0.1) is 0 Å². The van der Waals surface area contributed by atoms with Crippen LogP contribution in [0.3, 0.4) is 0 Å². The Morgan fingerprint density at radius 1 is 0.885 bits per heavy atom. The van der Waals surface area contributed by atoms with Crippen molar-refractivity contribution in [1.82, 2.24) is 18.9 Å². The van der Waals surface area contributed by atoms with Crippen LogP contribution >= 0.6 is 17.0 Å². The van der Waals surface area contributed by atoms with Crippen LogP contribution < -0.4 is 0 Å². The molecule has 4 nitrogen and oxygen atoms in total. The summed E-state index contributed by atoms with van der Waals surface area (Å²) in [6.45, 7) is 8.58. The van der Waals surface area contributed by atoms with Crippen molar-refractivity contribution in [3.63, 3.8) is 0 Å². The first-order chi connectivity index (χ1) is 12.3. The van der Waals surface area contributed by atoms with Crippen molar-refractivity contribution in [2.24, 2.45) is 0 Å². The molecule has 0 N–H and O–H groups in total. The Morgan fingerprint density at radius 2 is 1.54 bits per heavy atom. The van der Waals surface area contributed by atoms with Gasteiger partial charge in [-0.1, -0.05) is 56.3 Å². The van der Waals surface area contributed by atoms with Crippen molar-refractivity contribution in [3.05, 3.63) is 60.8 Å². The minimum atomic E-state index is 0. The number of hydrogen-bond donors (Lipinski definition) is 0. The molecule has 0 radical (unpaired) electrons. The lowest BCUT2D eigenvalue weighted by Gasteiger charge is -2.18. The summed E-state index contributed by atoms with van der Waals surface area (Å²) in [5, 5.41) is 0. The SMILES string of the molecule is Br.CCN(CC)CCn1c2ccccc2n2cc(-c3ccccc3)nc12. The van der Waals surface area contributed by atoms with Gasteiger partial charge in [0.1, 0.15) is 0 Å². The first kappa shape index (κ1) is 18.7. The van der Waals surface area contributed by atoms with Gasteiger partial charge < -0.3 is 9.47 Å². The van der Waals surface area contributed by atoms with E-state index < -0.39 is 0 Å². The average Bonchev–Trinajstić information content (AvgIpc) is 3.22. The highest BCUT2D eigenvalue weighted by atomic mass is 79.9. The molecule has 2 heterocycles. The van der Waals surface area contributed by atoms with Crippen LogP contribution in [0.25, 0.3) is 28.1 Å². The molecule has 5 heteroatoms. The normalized spacial score (nSPS) is 11.3. The van der Waals surface area contributed by atoms with Gasteiger partial charge in [0.05, 0.1) is 16.7 Å². The molecule has 0 bridgehead atoms. The second-order valence-corrected chi connectivity index (χ2v) is 6.33. The smallest absolute Gasteiger partial charge is 0.215 e. The van der Waals surface area contributed by atoms with E-state index >= 15 is 0 Å². The van der Waals surface area contributed by atoms with Crippen LogP contribution in [-0.2, 0) is 6.54 Å². The molecule has 2 aromatic carbocycles. The number of fused-ring (bicyclic) bond motifs is 3. The Hall–Kier alpha value is -2.11. The van der Waals surface area contributed by atoms with Crippen molar-refractivity contribution in [2.45, 2.75) is 20.4 Å². The van der Waals surface area contributed by atoms with Crippen molar-refractivity contribution in [2.75, 3.05) is 19.6 Å². The number of rotatable bonds is 6. The molecule has 0 saturated heterocycles. The molecule has 0 atom stereocenters. The van der Waals surface area contributed by atoms with Crippen LogP contribution in [0.2, 0.25) is 0 Å². The number of para-hydroxylation sites is 2. The fraction of sp³-hybridized carbons (Fsp3) is 0.286. The number of halogens is 1. The van der Waals surface area contributed by atoms with Gasteiger partial charge in [0.25, 0.3) is 0 Å². The zero-order valence-corrected chi connectivity index (χ0v) is 17.0. The van der Waals surface area contributed by atoms with Gasteiger partial charge in [0.15, 0.2) is 0 Å². The molecular formula is C21H25BrN4. The fourth-order valence-electron chi connectivity index (χ4n) is 3.49.